The summed E-state index contributed by atoms with van der Waals surface area (Å²) in [6.07, 6.45) is 0. The minimum atomic E-state index is 0. The Hall–Kier alpha value is 0.240. The molecule has 0 aliphatic heterocycles. The van der Waals surface area contributed by atoms with Crippen LogP contribution in [0.25, 0.3) is 0 Å². The predicted molar refractivity (Wildman–Crippen MR) is 51.6 cm³/mol. The molecule has 1 rings (SSSR count). The summed E-state index contributed by atoms with van der Waals surface area (Å²) in [4.78, 5) is 0. The van der Waals surface area contributed by atoms with Crippen LogP contribution in [-0.4, -0.2) is 0 Å². The van der Waals surface area contributed by atoms with Gasteiger partial charge in [-0.25, -0.2) is 0 Å². The lowest BCUT2D eigenvalue weighted by Gasteiger charge is -1.88. The van der Waals surface area contributed by atoms with Gasteiger partial charge in [-0.1, -0.05) is 29.3 Å². The number of aryl methyl sites for hydroxylation is 1. The monoisotopic (exact) mass is 254 g/mol. The molecule has 0 N–H and O–H groups in total. The standard InChI is InChI=1S/C7H7Cl.HI/c1-6-2-4-7(8)5-3-6;/h2-5H,1H3;1H. The SMILES string of the molecule is Cc1ccc(Cl)cc1.I. The number of hydrogen-bond donors (Lipinski definition) is 0. The summed E-state index contributed by atoms with van der Waals surface area (Å²) in [6.45, 7) is 2.04. The highest BCUT2D eigenvalue weighted by Gasteiger charge is 1.81. The third-order valence-electron chi connectivity index (χ3n) is 1.01. The normalized spacial score (nSPS) is 8.22. The Morgan fingerprint density at radius 2 is 1.56 bits per heavy atom. The van der Waals surface area contributed by atoms with Gasteiger partial charge >= 0.3 is 0 Å². The Labute approximate surface area is 77.2 Å². The second-order valence-electron chi connectivity index (χ2n) is 1.80. The van der Waals surface area contributed by atoms with Gasteiger partial charge in [0.2, 0.25) is 0 Å². The molecule has 50 valence electrons. The highest BCUT2D eigenvalue weighted by Crippen LogP contribution is 2.07. The van der Waals surface area contributed by atoms with E-state index in [0.29, 0.717) is 0 Å². The van der Waals surface area contributed by atoms with Crippen LogP contribution in [0.2, 0.25) is 5.02 Å². The molecule has 1 aromatic carbocycles. The van der Waals surface area contributed by atoms with Crippen LogP contribution in [-0.2, 0) is 0 Å². The topological polar surface area (TPSA) is 0 Å². The van der Waals surface area contributed by atoms with Crippen LogP contribution in [0.15, 0.2) is 24.3 Å². The maximum absolute atomic E-state index is 5.61. The quantitative estimate of drug-likeness (QED) is 0.623. The van der Waals surface area contributed by atoms with Gasteiger partial charge in [0.1, 0.15) is 0 Å². The molecule has 0 fully saturated rings. The summed E-state index contributed by atoms with van der Waals surface area (Å²) in [5, 5.41) is 0.801. The van der Waals surface area contributed by atoms with Gasteiger partial charge in [0, 0.05) is 5.02 Å². The Bertz CT molecular complexity index is 148. The van der Waals surface area contributed by atoms with Crippen molar-refractivity contribution in [3.63, 3.8) is 0 Å². The van der Waals surface area contributed by atoms with Crippen molar-refractivity contribution in [2.24, 2.45) is 0 Å². The lowest BCUT2D eigenvalue weighted by molar-refractivity contribution is 1.48. The molecule has 9 heavy (non-hydrogen) atoms. The first-order valence-corrected chi connectivity index (χ1v) is 2.89. The lowest BCUT2D eigenvalue weighted by Crippen LogP contribution is -1.66. The lowest BCUT2D eigenvalue weighted by atomic mass is 10.2. The second-order valence-corrected chi connectivity index (χ2v) is 2.23. The van der Waals surface area contributed by atoms with Crippen molar-refractivity contribution < 1.29 is 0 Å². The average molecular weight is 254 g/mol. The molecule has 1 aromatic rings. The van der Waals surface area contributed by atoms with Crippen molar-refractivity contribution in [1.29, 1.82) is 0 Å². The summed E-state index contributed by atoms with van der Waals surface area (Å²) in [7, 11) is 0. The molecule has 0 aromatic heterocycles. The minimum Gasteiger partial charge on any atom is -0.107 e. The van der Waals surface area contributed by atoms with Gasteiger partial charge in [-0.2, -0.15) is 0 Å². The molecule has 0 aliphatic carbocycles. The highest BCUT2D eigenvalue weighted by atomic mass is 127. The molecule has 0 saturated heterocycles. The van der Waals surface area contributed by atoms with E-state index in [1.165, 1.54) is 5.56 Å². The third kappa shape index (κ3) is 3.06. The van der Waals surface area contributed by atoms with Crippen molar-refractivity contribution >= 4 is 35.6 Å². The molecule has 0 saturated carbocycles. The molecule has 0 radical (unpaired) electrons. The van der Waals surface area contributed by atoms with Gasteiger partial charge in [-0.05, 0) is 19.1 Å². The van der Waals surface area contributed by atoms with Gasteiger partial charge < -0.3 is 0 Å². The molecule has 0 heterocycles. The van der Waals surface area contributed by atoms with E-state index in [0.717, 1.165) is 5.02 Å². The van der Waals surface area contributed by atoms with E-state index in [4.69, 9.17) is 11.6 Å². The minimum absolute atomic E-state index is 0. The van der Waals surface area contributed by atoms with Crippen molar-refractivity contribution in [3.05, 3.63) is 34.9 Å². The van der Waals surface area contributed by atoms with Crippen molar-refractivity contribution in [1.82, 2.24) is 0 Å². The van der Waals surface area contributed by atoms with Crippen LogP contribution < -0.4 is 0 Å². The zero-order valence-electron chi connectivity index (χ0n) is 5.10. The van der Waals surface area contributed by atoms with Crippen molar-refractivity contribution in [2.45, 2.75) is 6.92 Å². The summed E-state index contributed by atoms with van der Waals surface area (Å²) in [5.74, 6) is 0. The number of rotatable bonds is 0. The van der Waals surface area contributed by atoms with Gasteiger partial charge in [0.25, 0.3) is 0 Å². The molecule has 0 unspecified atom stereocenters. The van der Waals surface area contributed by atoms with E-state index in [9.17, 15) is 0 Å². The molecular weight excluding hydrogens is 246 g/mol. The molecule has 2 heteroatoms. The van der Waals surface area contributed by atoms with E-state index in [1.54, 1.807) is 0 Å². The summed E-state index contributed by atoms with van der Waals surface area (Å²) in [5.41, 5.74) is 1.24. The Balaban J connectivity index is 0.000000640. The van der Waals surface area contributed by atoms with Crippen molar-refractivity contribution in [2.75, 3.05) is 0 Å². The predicted octanol–water partition coefficient (Wildman–Crippen LogP) is 3.27. The molecule has 0 bridgehead atoms. The summed E-state index contributed by atoms with van der Waals surface area (Å²) < 4.78 is 0. The zero-order chi connectivity index (χ0) is 5.98. The largest absolute Gasteiger partial charge is 0.107 e. The van der Waals surface area contributed by atoms with E-state index < -0.39 is 0 Å². The van der Waals surface area contributed by atoms with Crippen LogP contribution >= 0.6 is 35.6 Å². The summed E-state index contributed by atoms with van der Waals surface area (Å²) >= 11 is 5.61. The fourth-order valence-corrected chi connectivity index (χ4v) is 0.659. The fraction of sp³-hybridized carbons (Fsp3) is 0.143. The average Bonchev–Trinajstić information content (AvgIpc) is 1.77. The maximum Gasteiger partial charge on any atom is 0.0406 e. The van der Waals surface area contributed by atoms with E-state index in [-0.39, 0.29) is 24.0 Å². The van der Waals surface area contributed by atoms with Crippen molar-refractivity contribution in [3.8, 4) is 0 Å². The Kier molecular flexibility index (Phi) is 4.23. The summed E-state index contributed by atoms with van der Waals surface area (Å²) in [6, 6.07) is 7.75. The van der Waals surface area contributed by atoms with Crippen LogP contribution in [0.3, 0.4) is 0 Å². The van der Waals surface area contributed by atoms with E-state index in [1.807, 2.05) is 31.2 Å². The molecule has 0 spiro atoms. The number of halogens is 2. The van der Waals surface area contributed by atoms with Crippen LogP contribution in [0.1, 0.15) is 5.56 Å². The second kappa shape index (κ2) is 4.12. The molecule has 0 atom stereocenters. The first-order chi connectivity index (χ1) is 3.79. The Morgan fingerprint density at radius 3 is 1.89 bits per heavy atom. The van der Waals surface area contributed by atoms with Gasteiger partial charge in [-0.3, -0.25) is 0 Å². The van der Waals surface area contributed by atoms with E-state index >= 15 is 0 Å². The third-order valence-corrected chi connectivity index (χ3v) is 1.26. The van der Waals surface area contributed by atoms with Gasteiger partial charge in [0.05, 0.1) is 0 Å². The van der Waals surface area contributed by atoms with Gasteiger partial charge in [0.15, 0.2) is 0 Å². The fourth-order valence-electron chi connectivity index (χ4n) is 0.533. The maximum atomic E-state index is 5.61. The van der Waals surface area contributed by atoms with E-state index in [2.05, 4.69) is 0 Å². The van der Waals surface area contributed by atoms with Crippen LogP contribution in [0.4, 0.5) is 0 Å². The molecule has 0 aliphatic rings. The zero-order valence-corrected chi connectivity index (χ0v) is 8.18. The molecule has 0 nitrogen and oxygen atoms in total. The highest BCUT2D eigenvalue weighted by molar-refractivity contribution is 14.0. The number of hydrogen-bond acceptors (Lipinski definition) is 0. The van der Waals surface area contributed by atoms with Crippen LogP contribution in [0.5, 0.6) is 0 Å². The van der Waals surface area contributed by atoms with Gasteiger partial charge in [-0.15, -0.1) is 24.0 Å². The Morgan fingerprint density at radius 1 is 1.11 bits per heavy atom. The molecular formula is C7H8ClI. The first kappa shape index (κ1) is 9.24. The molecule has 0 amide bonds. The number of benzene rings is 1. The van der Waals surface area contributed by atoms with Crippen LogP contribution in [0, 0.1) is 6.92 Å². The smallest absolute Gasteiger partial charge is 0.0406 e. The first-order valence-electron chi connectivity index (χ1n) is 2.51.